The van der Waals surface area contributed by atoms with E-state index in [-0.39, 0.29) is 24.5 Å². The number of carbonyl (C=O) groups excluding carboxylic acids is 2. The Hall–Kier alpha value is -2.82. The number of nitrogens with one attached hydrogen (secondary N) is 1. The summed E-state index contributed by atoms with van der Waals surface area (Å²) in [6, 6.07) is 14.9. The van der Waals surface area contributed by atoms with Crippen molar-refractivity contribution in [2.24, 2.45) is 0 Å². The van der Waals surface area contributed by atoms with E-state index >= 15 is 0 Å². The quantitative estimate of drug-likeness (QED) is 0.697. The van der Waals surface area contributed by atoms with Crippen LogP contribution in [-0.4, -0.2) is 35.4 Å². The van der Waals surface area contributed by atoms with Crippen LogP contribution in [0.3, 0.4) is 0 Å². The topological polar surface area (TPSA) is 58.6 Å². The van der Waals surface area contributed by atoms with Gasteiger partial charge in [-0.25, -0.2) is 0 Å². The number of benzene rings is 2. The predicted molar refractivity (Wildman–Crippen MR) is 116 cm³/mol. The Bertz CT molecular complexity index is 818. The fourth-order valence-electron chi connectivity index (χ4n) is 3.11. The molecule has 29 heavy (non-hydrogen) atoms. The lowest BCUT2D eigenvalue weighted by Gasteiger charge is -2.31. The lowest BCUT2D eigenvalue weighted by molar-refractivity contribution is -0.143. The zero-order valence-electron chi connectivity index (χ0n) is 18.1. The molecule has 2 aromatic rings. The van der Waals surface area contributed by atoms with Crippen LogP contribution < -0.4 is 10.1 Å². The van der Waals surface area contributed by atoms with E-state index in [0.717, 1.165) is 11.1 Å². The minimum Gasteiger partial charge on any atom is -0.484 e. The zero-order valence-corrected chi connectivity index (χ0v) is 18.1. The smallest absolute Gasteiger partial charge is 0.261 e. The van der Waals surface area contributed by atoms with Gasteiger partial charge in [0.25, 0.3) is 5.91 Å². The largest absolute Gasteiger partial charge is 0.484 e. The summed E-state index contributed by atoms with van der Waals surface area (Å²) in [5.74, 6) is 0.302. The van der Waals surface area contributed by atoms with Crippen molar-refractivity contribution in [1.29, 1.82) is 0 Å². The monoisotopic (exact) mass is 396 g/mol. The summed E-state index contributed by atoms with van der Waals surface area (Å²) in [6.45, 7) is 10.0. The van der Waals surface area contributed by atoms with E-state index < -0.39 is 6.04 Å². The van der Waals surface area contributed by atoms with Crippen molar-refractivity contribution in [2.45, 2.75) is 59.7 Å². The molecule has 5 nitrogen and oxygen atoms in total. The molecule has 1 unspecified atom stereocenters. The van der Waals surface area contributed by atoms with Crippen LogP contribution >= 0.6 is 0 Å². The Balaban J connectivity index is 2.18. The van der Waals surface area contributed by atoms with Gasteiger partial charge in [-0.15, -0.1) is 0 Å². The van der Waals surface area contributed by atoms with Crippen molar-refractivity contribution < 1.29 is 14.3 Å². The van der Waals surface area contributed by atoms with Gasteiger partial charge in [-0.2, -0.15) is 0 Å². The van der Waals surface area contributed by atoms with Crippen molar-refractivity contribution in [3.8, 4) is 5.75 Å². The van der Waals surface area contributed by atoms with Crippen LogP contribution in [-0.2, 0) is 16.1 Å². The number of ether oxygens (including phenoxy) is 1. The maximum Gasteiger partial charge on any atom is 0.261 e. The van der Waals surface area contributed by atoms with E-state index in [1.54, 1.807) is 4.90 Å². The normalized spacial score (nSPS) is 11.8. The number of hydrogen-bond acceptors (Lipinski definition) is 3. The van der Waals surface area contributed by atoms with Gasteiger partial charge in [-0.05, 0) is 62.9 Å². The third-order valence-electron chi connectivity index (χ3n) is 4.85. The molecule has 0 saturated heterocycles. The molecule has 0 saturated carbocycles. The lowest BCUT2D eigenvalue weighted by atomic mass is 10.1. The molecular formula is C24H32N2O3. The Morgan fingerprint density at radius 1 is 1.03 bits per heavy atom. The molecule has 0 heterocycles. The molecule has 2 rings (SSSR count). The second-order valence-electron chi connectivity index (χ2n) is 7.63. The molecule has 0 aliphatic heterocycles. The van der Waals surface area contributed by atoms with Gasteiger partial charge in [0.2, 0.25) is 5.91 Å². The second kappa shape index (κ2) is 10.6. The fraction of sp³-hybridized carbons (Fsp3) is 0.417. The van der Waals surface area contributed by atoms with Crippen molar-refractivity contribution in [3.63, 3.8) is 0 Å². The Morgan fingerprint density at radius 3 is 2.31 bits per heavy atom. The third-order valence-corrected chi connectivity index (χ3v) is 4.85. The van der Waals surface area contributed by atoms with E-state index in [2.05, 4.69) is 5.32 Å². The molecule has 0 spiro atoms. The summed E-state index contributed by atoms with van der Waals surface area (Å²) in [4.78, 5) is 27.4. The van der Waals surface area contributed by atoms with Gasteiger partial charge >= 0.3 is 0 Å². The molecular weight excluding hydrogens is 364 g/mol. The highest BCUT2D eigenvalue weighted by Crippen LogP contribution is 2.18. The Labute approximate surface area is 174 Å². The molecule has 1 N–H and O–H groups in total. The van der Waals surface area contributed by atoms with E-state index in [1.165, 1.54) is 5.56 Å². The number of nitrogens with zero attached hydrogens (tertiary/aromatic N) is 1. The van der Waals surface area contributed by atoms with Gasteiger partial charge in [0.1, 0.15) is 11.8 Å². The SMILES string of the molecule is CCC(C(=O)NC(C)C)N(Cc1ccccc1)C(=O)COc1ccc(C)c(C)c1. The van der Waals surface area contributed by atoms with Crippen LogP contribution in [0.1, 0.15) is 43.9 Å². The van der Waals surface area contributed by atoms with E-state index in [1.807, 2.05) is 83.1 Å². The highest BCUT2D eigenvalue weighted by atomic mass is 16.5. The Morgan fingerprint density at radius 2 is 1.72 bits per heavy atom. The molecule has 5 heteroatoms. The summed E-state index contributed by atoms with van der Waals surface area (Å²) in [5, 5.41) is 2.93. The van der Waals surface area contributed by atoms with Gasteiger partial charge in [-0.3, -0.25) is 9.59 Å². The molecule has 156 valence electrons. The fourth-order valence-corrected chi connectivity index (χ4v) is 3.11. The van der Waals surface area contributed by atoms with Crippen molar-refractivity contribution in [2.75, 3.05) is 6.61 Å². The van der Waals surface area contributed by atoms with Gasteiger partial charge in [0.05, 0.1) is 0 Å². The first-order chi connectivity index (χ1) is 13.8. The molecule has 0 bridgehead atoms. The summed E-state index contributed by atoms with van der Waals surface area (Å²) < 4.78 is 5.75. The van der Waals surface area contributed by atoms with Crippen LogP contribution in [0.4, 0.5) is 0 Å². The minimum atomic E-state index is -0.548. The molecule has 0 fully saturated rings. The predicted octanol–water partition coefficient (Wildman–Crippen LogP) is 4.01. The van der Waals surface area contributed by atoms with E-state index in [9.17, 15) is 9.59 Å². The number of carbonyl (C=O) groups is 2. The molecule has 0 aliphatic rings. The van der Waals surface area contributed by atoms with Crippen molar-refractivity contribution in [1.82, 2.24) is 10.2 Å². The summed E-state index contributed by atoms with van der Waals surface area (Å²) in [6.07, 6.45) is 0.529. The molecule has 2 amide bonds. The van der Waals surface area contributed by atoms with Gasteiger partial charge in [0.15, 0.2) is 6.61 Å². The molecule has 2 aromatic carbocycles. The first-order valence-electron chi connectivity index (χ1n) is 10.2. The highest BCUT2D eigenvalue weighted by Gasteiger charge is 2.29. The van der Waals surface area contributed by atoms with Gasteiger partial charge in [0, 0.05) is 12.6 Å². The van der Waals surface area contributed by atoms with Gasteiger partial charge in [-0.1, -0.05) is 43.3 Å². The number of rotatable bonds is 9. The maximum atomic E-state index is 13.1. The average Bonchev–Trinajstić information content (AvgIpc) is 2.68. The summed E-state index contributed by atoms with van der Waals surface area (Å²) in [7, 11) is 0. The van der Waals surface area contributed by atoms with Gasteiger partial charge < -0.3 is 15.0 Å². The zero-order chi connectivity index (χ0) is 21.4. The van der Waals surface area contributed by atoms with Crippen molar-refractivity contribution in [3.05, 3.63) is 65.2 Å². The lowest BCUT2D eigenvalue weighted by Crippen LogP contribution is -2.51. The van der Waals surface area contributed by atoms with Crippen LogP contribution in [0.15, 0.2) is 48.5 Å². The summed E-state index contributed by atoms with van der Waals surface area (Å²) in [5.41, 5.74) is 3.26. The maximum absolute atomic E-state index is 13.1. The minimum absolute atomic E-state index is 0.0111. The van der Waals surface area contributed by atoms with Crippen molar-refractivity contribution >= 4 is 11.8 Å². The molecule has 1 atom stereocenters. The van der Waals surface area contributed by atoms with E-state index in [4.69, 9.17) is 4.74 Å². The molecule has 0 radical (unpaired) electrons. The molecule has 0 aliphatic carbocycles. The number of hydrogen-bond donors (Lipinski definition) is 1. The number of amides is 2. The first kappa shape index (κ1) is 22.5. The number of aryl methyl sites for hydroxylation is 2. The highest BCUT2D eigenvalue weighted by molar-refractivity contribution is 5.88. The average molecular weight is 397 g/mol. The van der Waals surface area contributed by atoms with Crippen LogP contribution in [0.2, 0.25) is 0 Å². The van der Waals surface area contributed by atoms with E-state index in [0.29, 0.717) is 18.7 Å². The van der Waals surface area contributed by atoms with Crippen LogP contribution in [0.5, 0.6) is 5.75 Å². The standard InChI is InChI=1S/C24H32N2O3/c1-6-22(24(28)25-17(2)3)26(15-20-10-8-7-9-11-20)23(27)16-29-21-13-12-18(4)19(5)14-21/h7-14,17,22H,6,15-16H2,1-5H3,(H,25,28). The van der Waals surface area contributed by atoms with Crippen LogP contribution in [0, 0.1) is 13.8 Å². The second-order valence-corrected chi connectivity index (χ2v) is 7.63. The Kier molecular flexibility index (Phi) is 8.25. The van der Waals surface area contributed by atoms with Crippen LogP contribution in [0.25, 0.3) is 0 Å². The first-order valence-corrected chi connectivity index (χ1v) is 10.2. The third kappa shape index (κ3) is 6.63. The summed E-state index contributed by atoms with van der Waals surface area (Å²) >= 11 is 0. The molecule has 0 aromatic heterocycles.